The van der Waals surface area contributed by atoms with Crippen molar-refractivity contribution in [2.24, 2.45) is 0 Å². The molecule has 0 aliphatic carbocycles. The zero-order valence-corrected chi connectivity index (χ0v) is 20.2. The molecule has 0 spiro atoms. The van der Waals surface area contributed by atoms with Crippen molar-refractivity contribution in [3.8, 4) is 11.5 Å². The van der Waals surface area contributed by atoms with Crippen LogP contribution in [0.2, 0.25) is 0 Å². The highest BCUT2D eigenvalue weighted by Gasteiger charge is 2.33. The fourth-order valence-corrected chi connectivity index (χ4v) is 3.67. The van der Waals surface area contributed by atoms with Gasteiger partial charge in [0.15, 0.2) is 18.1 Å². The number of methoxy groups -OCH3 is 1. The van der Waals surface area contributed by atoms with Gasteiger partial charge in [-0.15, -0.1) is 0 Å². The summed E-state index contributed by atoms with van der Waals surface area (Å²) >= 11 is 0. The van der Waals surface area contributed by atoms with Crippen molar-refractivity contribution < 1.29 is 28.6 Å². The van der Waals surface area contributed by atoms with Gasteiger partial charge in [-0.05, 0) is 51.3 Å². The molecule has 1 atom stereocenters. The number of esters is 1. The molecule has 3 amide bonds. The molecule has 0 bridgehead atoms. The molecule has 1 unspecified atom stereocenters. The standard InChI is InChI=1S/C24H35N3O6/c1-6-10-11-17-21(23(29)31-5)22(26-24(30)25-17)16-12-13-18(19(14-16)32-9-4)33-15-20(28)27(7-2)8-3/h12-14,22H,6-11,15H2,1-5H3,(H2,25,26,30). The molecule has 33 heavy (non-hydrogen) atoms. The highest BCUT2D eigenvalue weighted by Crippen LogP contribution is 2.35. The monoisotopic (exact) mass is 461 g/mol. The minimum absolute atomic E-state index is 0.111. The van der Waals surface area contributed by atoms with Gasteiger partial charge in [0.1, 0.15) is 0 Å². The van der Waals surface area contributed by atoms with Crippen molar-refractivity contribution in [1.29, 1.82) is 0 Å². The number of ether oxygens (including phenoxy) is 3. The molecule has 2 rings (SSSR count). The van der Waals surface area contributed by atoms with E-state index in [1.165, 1.54) is 7.11 Å². The lowest BCUT2D eigenvalue weighted by Gasteiger charge is -2.29. The first-order chi connectivity index (χ1) is 15.9. The van der Waals surface area contributed by atoms with Crippen LogP contribution in [-0.2, 0) is 14.3 Å². The molecular formula is C24H35N3O6. The Morgan fingerprint density at radius 1 is 1.06 bits per heavy atom. The Morgan fingerprint density at radius 3 is 2.39 bits per heavy atom. The molecule has 0 aromatic heterocycles. The maximum Gasteiger partial charge on any atom is 0.337 e. The van der Waals surface area contributed by atoms with Crippen molar-refractivity contribution in [1.82, 2.24) is 15.5 Å². The maximum atomic E-state index is 12.6. The third-order valence-electron chi connectivity index (χ3n) is 5.41. The second kappa shape index (κ2) is 12.7. The van der Waals surface area contributed by atoms with Crippen LogP contribution in [0.25, 0.3) is 0 Å². The summed E-state index contributed by atoms with van der Waals surface area (Å²) in [4.78, 5) is 39.0. The van der Waals surface area contributed by atoms with Crippen LogP contribution in [0.15, 0.2) is 29.5 Å². The molecule has 9 heteroatoms. The van der Waals surface area contributed by atoms with Gasteiger partial charge in [0, 0.05) is 18.8 Å². The van der Waals surface area contributed by atoms with E-state index in [1.807, 2.05) is 27.7 Å². The van der Waals surface area contributed by atoms with Gasteiger partial charge in [-0.2, -0.15) is 0 Å². The van der Waals surface area contributed by atoms with Crippen molar-refractivity contribution >= 4 is 17.9 Å². The number of nitrogens with one attached hydrogen (secondary N) is 2. The molecule has 0 radical (unpaired) electrons. The topological polar surface area (TPSA) is 106 Å². The summed E-state index contributed by atoms with van der Waals surface area (Å²) in [5.41, 5.74) is 1.56. The molecule has 0 saturated carbocycles. The summed E-state index contributed by atoms with van der Waals surface area (Å²) in [6.45, 7) is 9.18. The Kier molecular flexibility index (Phi) is 10.0. The number of hydrogen-bond acceptors (Lipinski definition) is 6. The first-order valence-corrected chi connectivity index (χ1v) is 11.5. The van der Waals surface area contributed by atoms with Gasteiger partial charge in [-0.3, -0.25) is 4.79 Å². The number of benzene rings is 1. The van der Waals surface area contributed by atoms with E-state index in [2.05, 4.69) is 10.6 Å². The van der Waals surface area contributed by atoms with Crippen molar-refractivity contribution in [3.63, 3.8) is 0 Å². The second-order valence-corrected chi connectivity index (χ2v) is 7.51. The number of hydrogen-bond donors (Lipinski definition) is 2. The summed E-state index contributed by atoms with van der Waals surface area (Å²) in [5.74, 6) is 0.209. The quantitative estimate of drug-likeness (QED) is 0.463. The van der Waals surface area contributed by atoms with Gasteiger partial charge in [-0.1, -0.05) is 19.4 Å². The van der Waals surface area contributed by atoms with E-state index in [1.54, 1.807) is 23.1 Å². The molecular weight excluding hydrogens is 426 g/mol. The molecule has 9 nitrogen and oxygen atoms in total. The van der Waals surface area contributed by atoms with Crippen LogP contribution in [0.3, 0.4) is 0 Å². The highest BCUT2D eigenvalue weighted by molar-refractivity contribution is 5.95. The number of allylic oxidation sites excluding steroid dienone is 1. The summed E-state index contributed by atoms with van der Waals surface area (Å²) in [6.07, 6.45) is 2.29. The fraction of sp³-hybridized carbons (Fsp3) is 0.542. The molecule has 1 aromatic rings. The first-order valence-electron chi connectivity index (χ1n) is 11.5. The van der Waals surface area contributed by atoms with Crippen LogP contribution in [0.5, 0.6) is 11.5 Å². The van der Waals surface area contributed by atoms with Crippen LogP contribution >= 0.6 is 0 Å². The van der Waals surface area contributed by atoms with E-state index in [4.69, 9.17) is 14.2 Å². The van der Waals surface area contributed by atoms with Crippen molar-refractivity contribution in [2.75, 3.05) is 33.4 Å². The number of carbonyl (C=O) groups excluding carboxylic acids is 3. The number of carbonyl (C=O) groups is 3. The summed E-state index contributed by atoms with van der Waals surface area (Å²) in [6, 6.07) is 4.06. The van der Waals surface area contributed by atoms with Crippen LogP contribution in [0, 0.1) is 0 Å². The predicted octanol–water partition coefficient (Wildman–Crippen LogP) is 3.30. The van der Waals surface area contributed by atoms with E-state index in [0.717, 1.165) is 12.8 Å². The zero-order valence-electron chi connectivity index (χ0n) is 20.2. The minimum atomic E-state index is -0.705. The Bertz CT molecular complexity index is 879. The molecule has 1 aromatic carbocycles. The second-order valence-electron chi connectivity index (χ2n) is 7.51. The Labute approximate surface area is 195 Å². The highest BCUT2D eigenvalue weighted by atomic mass is 16.5. The zero-order chi connectivity index (χ0) is 24.4. The minimum Gasteiger partial charge on any atom is -0.490 e. The predicted molar refractivity (Wildman–Crippen MR) is 124 cm³/mol. The number of amides is 3. The fourth-order valence-electron chi connectivity index (χ4n) is 3.67. The van der Waals surface area contributed by atoms with Gasteiger partial charge >= 0.3 is 12.0 Å². The number of rotatable bonds is 12. The largest absolute Gasteiger partial charge is 0.490 e. The van der Waals surface area contributed by atoms with Crippen LogP contribution in [0.4, 0.5) is 4.79 Å². The lowest BCUT2D eigenvalue weighted by atomic mass is 9.93. The normalized spacial score (nSPS) is 15.4. The molecule has 1 aliphatic rings. The summed E-state index contributed by atoms with van der Waals surface area (Å²) < 4.78 is 16.5. The lowest BCUT2D eigenvalue weighted by Crippen LogP contribution is -2.45. The van der Waals surface area contributed by atoms with E-state index in [-0.39, 0.29) is 18.5 Å². The molecule has 0 fully saturated rings. The first kappa shape index (κ1) is 26.0. The van der Waals surface area contributed by atoms with E-state index < -0.39 is 12.0 Å². The van der Waals surface area contributed by atoms with E-state index in [9.17, 15) is 14.4 Å². The SMILES string of the molecule is CCCCC1=C(C(=O)OC)C(c2ccc(OCC(=O)N(CC)CC)c(OCC)c2)NC(=O)N1. The van der Waals surface area contributed by atoms with E-state index >= 15 is 0 Å². The van der Waals surface area contributed by atoms with Gasteiger partial charge < -0.3 is 29.7 Å². The number of likely N-dealkylation sites (N-methyl/N-ethyl adjacent to an activating group) is 1. The smallest absolute Gasteiger partial charge is 0.337 e. The number of urea groups is 1. The van der Waals surface area contributed by atoms with Gasteiger partial charge in [-0.25, -0.2) is 9.59 Å². The lowest BCUT2D eigenvalue weighted by molar-refractivity contribution is -0.136. The Hall–Kier alpha value is -3.23. The summed E-state index contributed by atoms with van der Waals surface area (Å²) in [7, 11) is 1.32. The molecule has 0 saturated heterocycles. The van der Waals surface area contributed by atoms with Crippen LogP contribution in [-0.4, -0.2) is 56.2 Å². The Balaban J connectivity index is 2.39. The third-order valence-corrected chi connectivity index (χ3v) is 5.41. The average molecular weight is 462 g/mol. The Morgan fingerprint density at radius 2 is 1.79 bits per heavy atom. The van der Waals surface area contributed by atoms with Gasteiger partial charge in [0.05, 0.1) is 25.3 Å². The van der Waals surface area contributed by atoms with Crippen molar-refractivity contribution in [3.05, 3.63) is 35.0 Å². The number of nitrogens with zero attached hydrogens (tertiary/aromatic N) is 1. The number of unbranched alkanes of at least 4 members (excludes halogenated alkanes) is 1. The average Bonchev–Trinajstić information content (AvgIpc) is 2.81. The van der Waals surface area contributed by atoms with Crippen molar-refractivity contribution in [2.45, 2.75) is 53.0 Å². The van der Waals surface area contributed by atoms with Gasteiger partial charge in [0.25, 0.3) is 5.91 Å². The van der Waals surface area contributed by atoms with Crippen LogP contribution in [0.1, 0.15) is 58.6 Å². The molecule has 1 heterocycles. The molecule has 1 aliphatic heterocycles. The van der Waals surface area contributed by atoms with E-state index in [0.29, 0.717) is 54.4 Å². The maximum absolute atomic E-state index is 12.6. The molecule has 2 N–H and O–H groups in total. The van der Waals surface area contributed by atoms with Crippen LogP contribution < -0.4 is 20.1 Å². The molecule has 182 valence electrons. The van der Waals surface area contributed by atoms with Gasteiger partial charge in [0.2, 0.25) is 0 Å². The third kappa shape index (κ3) is 6.63. The summed E-state index contributed by atoms with van der Waals surface area (Å²) in [5, 5.41) is 5.56.